The number of Topliss-reactive ketones (excluding diaryl/α,β-unsaturated/α-hetero) is 1. The minimum absolute atomic E-state index is 0.0961. The first-order valence-corrected chi connectivity index (χ1v) is 6.91. The fourth-order valence-corrected chi connectivity index (χ4v) is 2.78. The molecule has 0 aliphatic heterocycles. The quantitative estimate of drug-likeness (QED) is 0.481. The predicted molar refractivity (Wildman–Crippen MR) is 78.4 cm³/mol. The predicted octanol–water partition coefficient (Wildman–Crippen LogP) is 1.94. The lowest BCUT2D eigenvalue weighted by Gasteiger charge is -2.14. The molecule has 0 saturated carbocycles. The number of rotatable bonds is 3. The molecule has 0 unspecified atom stereocenters. The number of allylic oxidation sites excluding steroid dienone is 1. The average molecular weight is 278 g/mol. The van der Waals surface area contributed by atoms with Crippen molar-refractivity contribution in [1.29, 1.82) is 0 Å². The molecular weight excluding hydrogens is 260 g/mol. The molecule has 6 heteroatoms. The van der Waals surface area contributed by atoms with Crippen LogP contribution in [-0.4, -0.2) is 55.1 Å². The largest absolute Gasteiger partial charge is 0.383 e. The van der Waals surface area contributed by atoms with Crippen LogP contribution < -0.4 is 0 Å². The molecule has 0 saturated heterocycles. The van der Waals surface area contributed by atoms with E-state index in [-0.39, 0.29) is 5.78 Å². The summed E-state index contributed by atoms with van der Waals surface area (Å²) in [5.74, 6) is 0.0961. The molecule has 0 spiro atoms. The summed E-state index contributed by atoms with van der Waals surface area (Å²) in [5, 5.41) is 0.651. The number of aliphatic imine (C=N–C) groups is 1. The lowest BCUT2D eigenvalue weighted by molar-refractivity contribution is 0.102. The number of aryl methyl sites for hydroxylation is 1. The maximum Gasteiger partial charge on any atom is 0.211 e. The van der Waals surface area contributed by atoms with Crippen molar-refractivity contribution in [1.82, 2.24) is 14.8 Å². The van der Waals surface area contributed by atoms with E-state index in [0.29, 0.717) is 5.13 Å². The van der Waals surface area contributed by atoms with Gasteiger partial charge in [-0.25, -0.2) is 9.98 Å². The van der Waals surface area contributed by atoms with Crippen LogP contribution >= 0.6 is 11.3 Å². The van der Waals surface area contributed by atoms with Crippen LogP contribution in [0.4, 0.5) is 5.13 Å². The van der Waals surface area contributed by atoms with Gasteiger partial charge in [-0.2, -0.15) is 0 Å². The summed E-state index contributed by atoms with van der Waals surface area (Å²) < 4.78 is 0. The third kappa shape index (κ3) is 3.20. The molecule has 0 N–H and O–H groups in total. The highest BCUT2D eigenvalue weighted by molar-refractivity contribution is 7.17. The maximum atomic E-state index is 12.3. The SMILES string of the molecule is CN(C)/C=N/c1nc2c(s1)C(=O)/C(=C/N(C)C)CC2. The van der Waals surface area contributed by atoms with Gasteiger partial charge in [0.2, 0.25) is 10.9 Å². The van der Waals surface area contributed by atoms with Crippen LogP contribution in [-0.2, 0) is 6.42 Å². The number of ketones is 1. The van der Waals surface area contributed by atoms with Gasteiger partial charge in [-0.15, -0.1) is 0 Å². The minimum Gasteiger partial charge on any atom is -0.383 e. The van der Waals surface area contributed by atoms with Crippen LogP contribution in [0.2, 0.25) is 0 Å². The highest BCUT2D eigenvalue weighted by atomic mass is 32.1. The van der Waals surface area contributed by atoms with Crippen molar-refractivity contribution in [2.75, 3.05) is 28.2 Å². The van der Waals surface area contributed by atoms with Crippen LogP contribution in [0, 0.1) is 0 Å². The molecule has 0 amide bonds. The molecule has 0 radical (unpaired) electrons. The van der Waals surface area contributed by atoms with E-state index >= 15 is 0 Å². The van der Waals surface area contributed by atoms with Gasteiger partial charge < -0.3 is 9.80 Å². The Labute approximate surface area is 117 Å². The highest BCUT2D eigenvalue weighted by Crippen LogP contribution is 2.33. The Kier molecular flexibility index (Phi) is 3.99. The van der Waals surface area contributed by atoms with Crippen molar-refractivity contribution < 1.29 is 4.79 Å². The van der Waals surface area contributed by atoms with E-state index in [9.17, 15) is 4.79 Å². The zero-order valence-corrected chi connectivity index (χ0v) is 12.5. The number of hydrogen-bond acceptors (Lipinski definition) is 5. The monoisotopic (exact) mass is 278 g/mol. The molecular formula is C13H18N4OS. The molecule has 2 rings (SSSR count). The molecule has 5 nitrogen and oxygen atoms in total. The molecule has 1 aromatic heterocycles. The van der Waals surface area contributed by atoms with Gasteiger partial charge in [-0.3, -0.25) is 4.79 Å². The zero-order chi connectivity index (χ0) is 14.0. The summed E-state index contributed by atoms with van der Waals surface area (Å²) in [6.45, 7) is 0. The van der Waals surface area contributed by atoms with Crippen molar-refractivity contribution in [3.8, 4) is 0 Å². The fourth-order valence-electron chi connectivity index (χ4n) is 1.85. The topological polar surface area (TPSA) is 48.8 Å². The van der Waals surface area contributed by atoms with Gasteiger partial charge in [0, 0.05) is 40.0 Å². The zero-order valence-electron chi connectivity index (χ0n) is 11.7. The normalized spacial score (nSPS) is 17.1. The molecule has 19 heavy (non-hydrogen) atoms. The van der Waals surface area contributed by atoms with Crippen molar-refractivity contribution in [2.45, 2.75) is 12.8 Å². The molecule has 1 aliphatic carbocycles. The number of nitrogens with zero attached hydrogens (tertiary/aromatic N) is 4. The van der Waals surface area contributed by atoms with Gasteiger partial charge >= 0.3 is 0 Å². The van der Waals surface area contributed by atoms with Crippen LogP contribution in [0.5, 0.6) is 0 Å². The van der Waals surface area contributed by atoms with Crippen LogP contribution in [0.3, 0.4) is 0 Å². The number of fused-ring (bicyclic) bond motifs is 1. The Morgan fingerprint density at radius 2 is 1.95 bits per heavy atom. The number of thiazole rings is 1. The first kappa shape index (κ1) is 13.7. The Morgan fingerprint density at radius 3 is 2.58 bits per heavy atom. The van der Waals surface area contributed by atoms with E-state index in [1.165, 1.54) is 11.3 Å². The van der Waals surface area contributed by atoms with Gasteiger partial charge in [0.1, 0.15) is 0 Å². The number of aromatic nitrogens is 1. The third-order valence-electron chi connectivity index (χ3n) is 2.63. The smallest absolute Gasteiger partial charge is 0.211 e. The van der Waals surface area contributed by atoms with E-state index in [1.54, 1.807) is 6.34 Å². The van der Waals surface area contributed by atoms with Crippen molar-refractivity contribution in [2.24, 2.45) is 4.99 Å². The Morgan fingerprint density at radius 1 is 1.21 bits per heavy atom. The summed E-state index contributed by atoms with van der Waals surface area (Å²) in [7, 11) is 7.66. The summed E-state index contributed by atoms with van der Waals surface area (Å²) in [4.78, 5) is 25.5. The molecule has 102 valence electrons. The Hall–Kier alpha value is -1.69. The third-order valence-corrected chi connectivity index (χ3v) is 3.63. The maximum absolute atomic E-state index is 12.3. The second-order valence-electron chi connectivity index (χ2n) is 4.93. The minimum atomic E-state index is 0.0961. The van der Waals surface area contributed by atoms with Crippen molar-refractivity contribution >= 4 is 28.6 Å². The highest BCUT2D eigenvalue weighted by Gasteiger charge is 2.26. The molecule has 0 aromatic carbocycles. The molecule has 0 bridgehead atoms. The van der Waals surface area contributed by atoms with E-state index < -0.39 is 0 Å². The van der Waals surface area contributed by atoms with E-state index in [1.807, 2.05) is 44.2 Å². The van der Waals surface area contributed by atoms with Crippen LogP contribution in [0.1, 0.15) is 21.8 Å². The Balaban J connectivity index is 2.27. The molecule has 1 heterocycles. The first-order chi connectivity index (χ1) is 8.97. The second-order valence-corrected chi connectivity index (χ2v) is 5.91. The summed E-state index contributed by atoms with van der Waals surface area (Å²) in [5.41, 5.74) is 1.74. The Bertz CT molecular complexity index is 543. The summed E-state index contributed by atoms with van der Waals surface area (Å²) in [6.07, 6.45) is 5.17. The number of hydrogen-bond donors (Lipinski definition) is 0. The standard InChI is InChI=1S/C13H18N4OS/c1-16(2)7-9-5-6-10-12(11(9)18)19-13(15-10)14-8-17(3)4/h7-8H,5-6H2,1-4H3/b9-7+,14-8+. The molecule has 1 aliphatic rings. The summed E-state index contributed by atoms with van der Waals surface area (Å²) >= 11 is 1.37. The second kappa shape index (κ2) is 5.52. The van der Waals surface area contributed by atoms with Gasteiger partial charge in [-0.05, 0) is 12.8 Å². The van der Waals surface area contributed by atoms with E-state index in [2.05, 4.69) is 9.98 Å². The molecule has 0 fully saturated rings. The van der Waals surface area contributed by atoms with Gasteiger partial charge in [0.15, 0.2) is 0 Å². The van der Waals surface area contributed by atoms with Gasteiger partial charge in [0.05, 0.1) is 16.9 Å². The van der Waals surface area contributed by atoms with Crippen molar-refractivity contribution in [3.63, 3.8) is 0 Å². The lowest BCUT2D eigenvalue weighted by atomic mass is 9.96. The number of carbonyl (C=O) groups excluding carboxylic acids is 1. The first-order valence-electron chi connectivity index (χ1n) is 6.09. The lowest BCUT2D eigenvalue weighted by Crippen LogP contribution is -2.15. The van der Waals surface area contributed by atoms with E-state index in [4.69, 9.17) is 0 Å². The molecule has 0 atom stereocenters. The fraction of sp³-hybridized carbons (Fsp3) is 0.462. The van der Waals surface area contributed by atoms with Gasteiger partial charge in [-0.1, -0.05) is 11.3 Å². The number of carbonyl (C=O) groups is 1. The van der Waals surface area contributed by atoms with Crippen LogP contribution in [0.25, 0.3) is 0 Å². The summed E-state index contributed by atoms with van der Waals surface area (Å²) in [6, 6.07) is 0. The van der Waals surface area contributed by atoms with Crippen LogP contribution in [0.15, 0.2) is 16.8 Å². The van der Waals surface area contributed by atoms with Crippen molar-refractivity contribution in [3.05, 3.63) is 22.3 Å². The van der Waals surface area contributed by atoms with E-state index in [0.717, 1.165) is 29.0 Å². The van der Waals surface area contributed by atoms with Gasteiger partial charge in [0.25, 0.3) is 0 Å². The average Bonchev–Trinajstić information content (AvgIpc) is 2.74. The molecule has 1 aromatic rings.